The van der Waals surface area contributed by atoms with Gasteiger partial charge in [-0.05, 0) is 42.4 Å². The van der Waals surface area contributed by atoms with Crippen LogP contribution < -0.4 is 4.74 Å². The Bertz CT molecular complexity index is 475. The summed E-state index contributed by atoms with van der Waals surface area (Å²) >= 11 is 3.58. The number of halogens is 1. The molecular formula is C13H13BrO2. The molecule has 1 spiro atoms. The molecule has 3 heteroatoms. The number of carbonyl (C=O) groups is 1. The molecule has 2 aliphatic rings. The summed E-state index contributed by atoms with van der Waals surface area (Å²) in [5.74, 6) is 1.02. The topological polar surface area (TPSA) is 26.3 Å². The van der Waals surface area contributed by atoms with Gasteiger partial charge in [0.15, 0.2) is 5.78 Å². The van der Waals surface area contributed by atoms with Crippen LogP contribution in [0.25, 0.3) is 0 Å². The molecule has 2 nitrogen and oxygen atoms in total. The van der Waals surface area contributed by atoms with Gasteiger partial charge in [-0.15, -0.1) is 0 Å². The number of hydrogen-bond acceptors (Lipinski definition) is 2. The van der Waals surface area contributed by atoms with Crippen molar-refractivity contribution in [3.63, 3.8) is 0 Å². The number of ether oxygens (including phenoxy) is 1. The highest BCUT2D eigenvalue weighted by molar-refractivity contribution is 9.10. The molecule has 84 valence electrons. The number of benzene rings is 1. The second kappa shape index (κ2) is 3.33. The molecule has 1 aromatic carbocycles. The first-order valence-electron chi connectivity index (χ1n) is 5.57. The predicted octanol–water partition coefficient (Wildman–Crippen LogP) is 3.47. The molecule has 0 heterocycles. The highest BCUT2D eigenvalue weighted by Gasteiger charge is 2.49. The molecule has 0 saturated heterocycles. The lowest BCUT2D eigenvalue weighted by Crippen LogP contribution is -2.21. The standard InChI is InChI=1S/C13H13BrO2/c1-16-8-6-9-11(15)2-3-13(4-5-13)12(9)10(14)7-8/h6-7H,2-5H2,1H3. The third kappa shape index (κ3) is 1.34. The minimum absolute atomic E-state index is 0.257. The zero-order valence-electron chi connectivity index (χ0n) is 9.18. The van der Waals surface area contributed by atoms with Gasteiger partial charge in [-0.3, -0.25) is 4.79 Å². The first-order valence-corrected chi connectivity index (χ1v) is 6.37. The van der Waals surface area contributed by atoms with E-state index in [0.29, 0.717) is 11.8 Å². The van der Waals surface area contributed by atoms with E-state index in [1.165, 1.54) is 18.4 Å². The molecule has 2 aliphatic carbocycles. The third-order valence-electron chi connectivity index (χ3n) is 3.81. The van der Waals surface area contributed by atoms with Crippen LogP contribution >= 0.6 is 15.9 Å². The van der Waals surface area contributed by atoms with E-state index in [2.05, 4.69) is 15.9 Å². The van der Waals surface area contributed by atoms with Crippen molar-refractivity contribution in [2.45, 2.75) is 31.1 Å². The summed E-state index contributed by atoms with van der Waals surface area (Å²) in [7, 11) is 1.63. The Labute approximate surface area is 103 Å². The average Bonchev–Trinajstić information content (AvgIpc) is 3.04. The average molecular weight is 281 g/mol. The van der Waals surface area contributed by atoms with E-state index in [0.717, 1.165) is 22.2 Å². The normalized spacial score (nSPS) is 20.8. The Morgan fingerprint density at radius 2 is 2.06 bits per heavy atom. The van der Waals surface area contributed by atoms with Crippen molar-refractivity contribution < 1.29 is 9.53 Å². The summed E-state index contributed by atoms with van der Waals surface area (Å²) in [5, 5.41) is 0. The van der Waals surface area contributed by atoms with Crippen molar-refractivity contribution in [2.24, 2.45) is 0 Å². The molecule has 1 aromatic rings. The molecule has 0 aliphatic heterocycles. The lowest BCUT2D eigenvalue weighted by molar-refractivity contribution is 0.0963. The predicted molar refractivity (Wildman–Crippen MR) is 65.2 cm³/mol. The van der Waals surface area contributed by atoms with Crippen LogP contribution in [0.3, 0.4) is 0 Å². The van der Waals surface area contributed by atoms with Gasteiger partial charge in [0.2, 0.25) is 0 Å². The van der Waals surface area contributed by atoms with Crippen molar-refractivity contribution in [1.29, 1.82) is 0 Å². The zero-order valence-corrected chi connectivity index (χ0v) is 10.8. The second-order valence-corrected chi connectivity index (χ2v) is 5.59. The van der Waals surface area contributed by atoms with Crippen LogP contribution in [0.1, 0.15) is 41.6 Å². The number of rotatable bonds is 1. The van der Waals surface area contributed by atoms with Gasteiger partial charge >= 0.3 is 0 Å². The fraction of sp³-hybridized carbons (Fsp3) is 0.462. The van der Waals surface area contributed by atoms with Crippen molar-refractivity contribution in [2.75, 3.05) is 7.11 Å². The number of ketones is 1. The molecule has 0 N–H and O–H groups in total. The van der Waals surface area contributed by atoms with Crippen LogP contribution in [0.5, 0.6) is 5.75 Å². The van der Waals surface area contributed by atoms with Gasteiger partial charge < -0.3 is 4.74 Å². The zero-order chi connectivity index (χ0) is 11.3. The quantitative estimate of drug-likeness (QED) is 0.788. The number of hydrogen-bond donors (Lipinski definition) is 0. The van der Waals surface area contributed by atoms with Gasteiger partial charge in [0, 0.05) is 16.5 Å². The van der Waals surface area contributed by atoms with E-state index < -0.39 is 0 Å². The van der Waals surface area contributed by atoms with Crippen LogP contribution in [-0.2, 0) is 5.41 Å². The number of methoxy groups -OCH3 is 1. The van der Waals surface area contributed by atoms with E-state index in [1.54, 1.807) is 7.11 Å². The Balaban J connectivity index is 2.23. The Hall–Kier alpha value is -0.830. The number of Topliss-reactive ketones (excluding diaryl/α,β-unsaturated/α-hetero) is 1. The maximum Gasteiger partial charge on any atom is 0.163 e. The van der Waals surface area contributed by atoms with E-state index in [1.807, 2.05) is 12.1 Å². The van der Waals surface area contributed by atoms with Crippen molar-refractivity contribution in [1.82, 2.24) is 0 Å². The Morgan fingerprint density at radius 1 is 1.31 bits per heavy atom. The molecule has 1 fully saturated rings. The van der Waals surface area contributed by atoms with E-state index >= 15 is 0 Å². The van der Waals surface area contributed by atoms with Crippen molar-refractivity contribution in [3.8, 4) is 5.75 Å². The van der Waals surface area contributed by atoms with Crippen LogP contribution in [0.15, 0.2) is 16.6 Å². The molecule has 16 heavy (non-hydrogen) atoms. The van der Waals surface area contributed by atoms with Crippen molar-refractivity contribution >= 4 is 21.7 Å². The fourth-order valence-electron chi connectivity index (χ4n) is 2.72. The summed E-state index contributed by atoms with van der Waals surface area (Å²) < 4.78 is 6.25. The lowest BCUT2D eigenvalue weighted by Gasteiger charge is -2.26. The first-order chi connectivity index (χ1) is 7.66. The van der Waals surface area contributed by atoms with Gasteiger partial charge in [-0.1, -0.05) is 15.9 Å². The molecule has 0 radical (unpaired) electrons. The molecule has 1 saturated carbocycles. The van der Waals surface area contributed by atoms with Crippen LogP contribution in [0.4, 0.5) is 0 Å². The molecule has 0 unspecified atom stereocenters. The smallest absolute Gasteiger partial charge is 0.163 e. The van der Waals surface area contributed by atoms with E-state index in [-0.39, 0.29) is 5.78 Å². The third-order valence-corrected chi connectivity index (χ3v) is 4.44. The molecule has 3 rings (SSSR count). The molecular weight excluding hydrogens is 268 g/mol. The lowest BCUT2D eigenvalue weighted by atomic mass is 9.79. The number of fused-ring (bicyclic) bond motifs is 2. The molecule has 0 amide bonds. The SMILES string of the molecule is COc1cc(Br)c2c(c1)C(=O)CCC21CC1. The second-order valence-electron chi connectivity index (χ2n) is 4.74. The van der Waals surface area contributed by atoms with Gasteiger partial charge in [0.05, 0.1) is 7.11 Å². The number of carbonyl (C=O) groups excluding carboxylic acids is 1. The van der Waals surface area contributed by atoms with Gasteiger partial charge in [0.1, 0.15) is 5.75 Å². The largest absolute Gasteiger partial charge is 0.497 e. The maximum atomic E-state index is 11.9. The minimum Gasteiger partial charge on any atom is -0.497 e. The first kappa shape index (κ1) is 10.3. The van der Waals surface area contributed by atoms with Crippen LogP contribution in [0, 0.1) is 0 Å². The van der Waals surface area contributed by atoms with Crippen molar-refractivity contribution in [3.05, 3.63) is 27.7 Å². The molecule has 0 aromatic heterocycles. The molecule has 0 atom stereocenters. The van der Waals surface area contributed by atoms with Crippen LogP contribution in [0.2, 0.25) is 0 Å². The van der Waals surface area contributed by atoms with Gasteiger partial charge in [0.25, 0.3) is 0 Å². The Kier molecular flexibility index (Phi) is 2.15. The van der Waals surface area contributed by atoms with E-state index in [9.17, 15) is 4.79 Å². The minimum atomic E-state index is 0.257. The highest BCUT2D eigenvalue weighted by Crippen LogP contribution is 2.57. The van der Waals surface area contributed by atoms with Crippen LogP contribution in [-0.4, -0.2) is 12.9 Å². The molecule has 0 bridgehead atoms. The summed E-state index contributed by atoms with van der Waals surface area (Å²) in [6.07, 6.45) is 4.15. The van der Waals surface area contributed by atoms with Gasteiger partial charge in [-0.2, -0.15) is 0 Å². The van der Waals surface area contributed by atoms with Gasteiger partial charge in [-0.25, -0.2) is 0 Å². The fourth-order valence-corrected chi connectivity index (χ4v) is 3.58. The maximum absolute atomic E-state index is 11.9. The summed E-state index contributed by atoms with van der Waals surface area (Å²) in [6.45, 7) is 0. The summed E-state index contributed by atoms with van der Waals surface area (Å²) in [5.41, 5.74) is 2.40. The monoisotopic (exact) mass is 280 g/mol. The van der Waals surface area contributed by atoms with E-state index in [4.69, 9.17) is 4.74 Å². The summed E-state index contributed by atoms with van der Waals surface area (Å²) in [6, 6.07) is 3.86. The highest BCUT2D eigenvalue weighted by atomic mass is 79.9. The Morgan fingerprint density at radius 3 is 2.69 bits per heavy atom. The summed E-state index contributed by atoms with van der Waals surface area (Å²) in [4.78, 5) is 11.9.